The van der Waals surface area contributed by atoms with Crippen molar-refractivity contribution in [3.8, 4) is 0 Å². The molecule has 0 radical (unpaired) electrons. The van der Waals surface area contributed by atoms with Gasteiger partial charge in [-0.1, -0.05) is 72.1 Å². The van der Waals surface area contributed by atoms with E-state index in [1.807, 2.05) is 0 Å². The summed E-state index contributed by atoms with van der Waals surface area (Å²) in [6.45, 7) is 7.78. The molecule has 0 spiro atoms. The maximum Gasteiger partial charge on any atom is -0.00248 e. The fraction of sp³-hybridized carbons (Fsp3) is 1.00. The molecule has 0 aromatic carbocycles. The van der Waals surface area contributed by atoms with Crippen molar-refractivity contribution in [2.24, 2.45) is 0 Å². The summed E-state index contributed by atoms with van der Waals surface area (Å²) in [5.74, 6) is 0. The van der Waals surface area contributed by atoms with Crippen LogP contribution in [-0.4, -0.2) is 25.5 Å². The summed E-state index contributed by atoms with van der Waals surface area (Å²) in [7, 11) is 4.31. The number of hydrogen-bond acceptors (Lipinski definition) is 1. The molecule has 100 valence electrons. The van der Waals surface area contributed by atoms with E-state index in [2.05, 4.69) is 39.8 Å². The molecule has 0 rings (SSSR count). The minimum Gasteiger partial charge on any atom is -0.309 e. The van der Waals surface area contributed by atoms with Crippen molar-refractivity contribution in [3.63, 3.8) is 0 Å². The molecule has 0 saturated heterocycles. The van der Waals surface area contributed by atoms with Crippen LogP contribution in [0.4, 0.5) is 0 Å². The van der Waals surface area contributed by atoms with Crippen molar-refractivity contribution in [2.75, 3.05) is 20.6 Å². The highest BCUT2D eigenvalue weighted by Crippen LogP contribution is 2.08. The Kier molecular flexibility index (Phi) is 19.9. The zero-order chi connectivity index (χ0) is 12.6. The number of unbranched alkanes of at least 4 members (excludes halogenated alkanes) is 7. The van der Waals surface area contributed by atoms with E-state index in [1.165, 1.54) is 64.3 Å². The van der Waals surface area contributed by atoms with Crippen LogP contribution in [0.2, 0.25) is 0 Å². The SMILES string of the molecule is CCC.CCCCCCCCCCN(C)C. The Morgan fingerprint density at radius 3 is 1.38 bits per heavy atom. The van der Waals surface area contributed by atoms with Gasteiger partial charge in [0.25, 0.3) is 0 Å². The molecule has 0 atom stereocenters. The van der Waals surface area contributed by atoms with Crippen LogP contribution in [0.5, 0.6) is 0 Å². The molecule has 0 aliphatic heterocycles. The Labute approximate surface area is 105 Å². The molecular formula is C15H35N. The van der Waals surface area contributed by atoms with E-state index in [9.17, 15) is 0 Å². The molecule has 1 heteroatoms. The highest BCUT2D eigenvalue weighted by atomic mass is 15.0. The van der Waals surface area contributed by atoms with Crippen molar-refractivity contribution in [1.82, 2.24) is 4.90 Å². The van der Waals surface area contributed by atoms with Gasteiger partial charge >= 0.3 is 0 Å². The molecule has 16 heavy (non-hydrogen) atoms. The lowest BCUT2D eigenvalue weighted by Crippen LogP contribution is -2.12. The Hall–Kier alpha value is -0.0400. The van der Waals surface area contributed by atoms with Crippen LogP contribution < -0.4 is 0 Å². The zero-order valence-electron chi connectivity index (χ0n) is 12.5. The highest BCUT2D eigenvalue weighted by Gasteiger charge is 1.92. The minimum atomic E-state index is 1.25. The number of hydrogen-bond donors (Lipinski definition) is 0. The van der Waals surface area contributed by atoms with Crippen LogP contribution >= 0.6 is 0 Å². The summed E-state index contributed by atoms with van der Waals surface area (Å²) < 4.78 is 0. The van der Waals surface area contributed by atoms with Crippen LogP contribution in [-0.2, 0) is 0 Å². The van der Waals surface area contributed by atoms with Crippen molar-refractivity contribution in [1.29, 1.82) is 0 Å². The summed E-state index contributed by atoms with van der Waals surface area (Å²) in [6, 6.07) is 0. The monoisotopic (exact) mass is 229 g/mol. The fourth-order valence-electron chi connectivity index (χ4n) is 1.56. The van der Waals surface area contributed by atoms with Gasteiger partial charge in [0.05, 0.1) is 0 Å². The van der Waals surface area contributed by atoms with Crippen molar-refractivity contribution >= 4 is 0 Å². The summed E-state index contributed by atoms with van der Waals surface area (Å²) in [6.07, 6.45) is 12.6. The van der Waals surface area contributed by atoms with Gasteiger partial charge in [-0.25, -0.2) is 0 Å². The van der Waals surface area contributed by atoms with Crippen LogP contribution in [0.25, 0.3) is 0 Å². The van der Waals surface area contributed by atoms with Gasteiger partial charge < -0.3 is 4.90 Å². The largest absolute Gasteiger partial charge is 0.309 e. The normalized spacial score (nSPS) is 10.1. The van der Waals surface area contributed by atoms with Crippen LogP contribution in [0.1, 0.15) is 78.6 Å². The maximum absolute atomic E-state index is 2.27. The van der Waals surface area contributed by atoms with Crippen molar-refractivity contribution < 1.29 is 0 Å². The fourth-order valence-corrected chi connectivity index (χ4v) is 1.56. The second-order valence-corrected chi connectivity index (χ2v) is 4.99. The summed E-state index contributed by atoms with van der Waals surface area (Å²) >= 11 is 0. The first-order valence-corrected chi connectivity index (χ1v) is 7.33. The third-order valence-corrected chi connectivity index (χ3v) is 2.46. The Bertz CT molecular complexity index is 99.6. The standard InChI is InChI=1S/C12H27N.C3H8/c1-4-5-6-7-8-9-10-11-12-13(2)3;1-3-2/h4-12H2,1-3H3;3H2,1-2H3. The molecular weight excluding hydrogens is 194 g/mol. The quantitative estimate of drug-likeness (QED) is 0.497. The molecule has 0 heterocycles. The second kappa shape index (κ2) is 17.4. The van der Waals surface area contributed by atoms with Gasteiger partial charge in [0.1, 0.15) is 0 Å². The number of nitrogens with zero attached hydrogens (tertiary/aromatic N) is 1. The Balaban J connectivity index is 0. The molecule has 1 nitrogen and oxygen atoms in total. The molecule has 0 fully saturated rings. The lowest BCUT2D eigenvalue weighted by Gasteiger charge is -2.08. The molecule has 0 amide bonds. The minimum absolute atomic E-state index is 1.25. The van der Waals surface area contributed by atoms with E-state index < -0.39 is 0 Å². The Morgan fingerprint density at radius 1 is 0.625 bits per heavy atom. The summed E-state index contributed by atoms with van der Waals surface area (Å²) in [4.78, 5) is 2.27. The molecule has 0 aromatic heterocycles. The smallest absolute Gasteiger partial charge is 0.00248 e. The predicted octanol–water partition coefficient (Wildman–Crippen LogP) is 5.11. The maximum atomic E-state index is 2.27. The van der Waals surface area contributed by atoms with Crippen LogP contribution in [0.15, 0.2) is 0 Å². The van der Waals surface area contributed by atoms with Crippen molar-refractivity contribution in [3.05, 3.63) is 0 Å². The second-order valence-electron chi connectivity index (χ2n) is 4.99. The highest BCUT2D eigenvalue weighted by molar-refractivity contribution is 4.48. The molecule has 0 N–H and O–H groups in total. The number of rotatable bonds is 9. The van der Waals surface area contributed by atoms with Gasteiger partial charge in [0.15, 0.2) is 0 Å². The third-order valence-electron chi connectivity index (χ3n) is 2.46. The van der Waals surface area contributed by atoms with Gasteiger partial charge in [0, 0.05) is 0 Å². The van der Waals surface area contributed by atoms with E-state index in [4.69, 9.17) is 0 Å². The average Bonchev–Trinajstić information content (AvgIpc) is 2.23. The van der Waals surface area contributed by atoms with Crippen LogP contribution in [0.3, 0.4) is 0 Å². The summed E-state index contributed by atoms with van der Waals surface area (Å²) in [5, 5.41) is 0. The first-order chi connectivity index (χ1) is 7.68. The van der Waals surface area contributed by atoms with Gasteiger partial charge in [0.2, 0.25) is 0 Å². The Morgan fingerprint density at radius 2 is 1.00 bits per heavy atom. The molecule has 0 unspecified atom stereocenters. The van der Waals surface area contributed by atoms with E-state index in [0.717, 1.165) is 0 Å². The molecule has 0 bridgehead atoms. The molecule has 0 aromatic rings. The van der Waals surface area contributed by atoms with E-state index in [-0.39, 0.29) is 0 Å². The van der Waals surface area contributed by atoms with E-state index in [0.29, 0.717) is 0 Å². The predicted molar refractivity (Wildman–Crippen MR) is 77.1 cm³/mol. The van der Waals surface area contributed by atoms with Gasteiger partial charge in [-0.05, 0) is 27.1 Å². The molecule has 0 aliphatic rings. The zero-order valence-corrected chi connectivity index (χ0v) is 12.5. The molecule has 0 aliphatic carbocycles. The van der Waals surface area contributed by atoms with Crippen molar-refractivity contribution in [2.45, 2.75) is 78.6 Å². The van der Waals surface area contributed by atoms with Crippen LogP contribution in [0, 0.1) is 0 Å². The first kappa shape index (κ1) is 18.3. The topological polar surface area (TPSA) is 3.24 Å². The van der Waals surface area contributed by atoms with Gasteiger partial charge in [-0.3, -0.25) is 0 Å². The lowest BCUT2D eigenvalue weighted by atomic mass is 10.1. The molecule has 0 saturated carbocycles. The summed E-state index contributed by atoms with van der Waals surface area (Å²) in [5.41, 5.74) is 0. The van der Waals surface area contributed by atoms with E-state index in [1.54, 1.807) is 0 Å². The lowest BCUT2D eigenvalue weighted by molar-refractivity contribution is 0.389. The van der Waals surface area contributed by atoms with Gasteiger partial charge in [-0.15, -0.1) is 0 Å². The van der Waals surface area contributed by atoms with Gasteiger partial charge in [-0.2, -0.15) is 0 Å². The van der Waals surface area contributed by atoms with E-state index >= 15 is 0 Å². The average molecular weight is 229 g/mol. The first-order valence-electron chi connectivity index (χ1n) is 7.33. The third kappa shape index (κ3) is 23.6.